The van der Waals surface area contributed by atoms with Crippen LogP contribution in [-0.4, -0.2) is 14.3 Å². The largest absolute Gasteiger partial charge is 0.379 e. The summed E-state index contributed by atoms with van der Waals surface area (Å²) in [7, 11) is -3.95. The van der Waals surface area contributed by atoms with Crippen molar-refractivity contribution in [3.8, 4) is 5.75 Å². The van der Waals surface area contributed by atoms with Gasteiger partial charge in [0.2, 0.25) is 5.91 Å². The molecule has 2 aromatic carbocycles. The maximum Gasteiger partial charge on any atom is 0.339 e. The number of benzene rings is 2. The van der Waals surface area contributed by atoms with E-state index in [9.17, 15) is 13.2 Å². The van der Waals surface area contributed by atoms with Gasteiger partial charge in [0.15, 0.2) is 0 Å². The normalized spacial score (nSPS) is 14.0. The zero-order valence-electron chi connectivity index (χ0n) is 13.0. The number of halogens is 1. The average molecular weight is 366 g/mol. The second kappa shape index (κ2) is 6.45. The molecule has 0 radical (unpaired) electrons. The van der Waals surface area contributed by atoms with E-state index in [1.807, 2.05) is 6.92 Å². The maximum absolute atomic E-state index is 12.5. The quantitative estimate of drug-likeness (QED) is 0.841. The smallest absolute Gasteiger partial charge is 0.339 e. The summed E-state index contributed by atoms with van der Waals surface area (Å²) in [5, 5.41) is 3.30. The highest BCUT2D eigenvalue weighted by Gasteiger charge is 2.21. The predicted molar refractivity (Wildman–Crippen MR) is 92.0 cm³/mol. The number of hydrogen-bond donors (Lipinski definition) is 1. The SMILES string of the molecule is CCc1cc(OS(=O)(=O)c2ccc3c(c2)CCC(=O)N3)ccc1Cl. The summed E-state index contributed by atoms with van der Waals surface area (Å²) in [6, 6.07) is 9.32. The van der Waals surface area contributed by atoms with E-state index in [2.05, 4.69) is 5.32 Å². The van der Waals surface area contributed by atoms with E-state index in [0.717, 1.165) is 11.1 Å². The number of rotatable bonds is 4. The standard InChI is InChI=1S/C17H16ClNO4S/c1-2-11-9-13(4-6-15(11)18)23-24(21,22)14-5-7-16-12(10-14)3-8-17(20)19-16/h4-7,9-10H,2-3,8H2,1H3,(H,19,20). The minimum absolute atomic E-state index is 0.0606. The molecule has 7 heteroatoms. The number of amides is 1. The van der Waals surface area contributed by atoms with Crippen molar-refractivity contribution in [3.05, 3.63) is 52.5 Å². The van der Waals surface area contributed by atoms with Crippen molar-refractivity contribution < 1.29 is 17.4 Å². The second-order valence-electron chi connectivity index (χ2n) is 5.51. The van der Waals surface area contributed by atoms with E-state index in [4.69, 9.17) is 15.8 Å². The first kappa shape index (κ1) is 16.8. The van der Waals surface area contributed by atoms with E-state index in [1.165, 1.54) is 12.1 Å². The van der Waals surface area contributed by atoms with Gasteiger partial charge in [0.05, 0.1) is 0 Å². The molecule has 126 valence electrons. The van der Waals surface area contributed by atoms with Gasteiger partial charge in [0, 0.05) is 17.1 Å². The minimum atomic E-state index is -3.95. The molecule has 1 aliphatic heterocycles. The van der Waals surface area contributed by atoms with Crippen molar-refractivity contribution in [1.82, 2.24) is 0 Å². The fourth-order valence-electron chi connectivity index (χ4n) is 2.56. The van der Waals surface area contributed by atoms with E-state index in [1.54, 1.807) is 24.3 Å². The summed E-state index contributed by atoms with van der Waals surface area (Å²) < 4.78 is 30.2. The molecule has 0 aromatic heterocycles. The molecule has 0 saturated heterocycles. The van der Waals surface area contributed by atoms with Gasteiger partial charge in [-0.15, -0.1) is 0 Å². The fraction of sp³-hybridized carbons (Fsp3) is 0.235. The highest BCUT2D eigenvalue weighted by Crippen LogP contribution is 2.28. The third kappa shape index (κ3) is 3.39. The molecule has 0 aliphatic carbocycles. The van der Waals surface area contributed by atoms with Crippen molar-refractivity contribution in [3.63, 3.8) is 0 Å². The molecule has 1 N–H and O–H groups in total. The van der Waals surface area contributed by atoms with Crippen LogP contribution in [0.2, 0.25) is 5.02 Å². The number of carbonyl (C=O) groups is 1. The number of fused-ring (bicyclic) bond motifs is 1. The summed E-state index contributed by atoms with van der Waals surface area (Å²) in [5.74, 6) is 0.157. The Morgan fingerprint density at radius 3 is 2.71 bits per heavy atom. The van der Waals surface area contributed by atoms with Crippen molar-refractivity contribution in [2.45, 2.75) is 31.1 Å². The zero-order chi connectivity index (χ0) is 17.3. The van der Waals surface area contributed by atoms with Crippen molar-refractivity contribution in [1.29, 1.82) is 0 Å². The lowest BCUT2D eigenvalue weighted by Crippen LogP contribution is -2.19. The molecule has 0 atom stereocenters. The Morgan fingerprint density at radius 1 is 1.17 bits per heavy atom. The molecular weight excluding hydrogens is 350 g/mol. The number of aryl methyl sites for hydroxylation is 2. The van der Waals surface area contributed by atoms with E-state index < -0.39 is 10.1 Å². The molecule has 2 aromatic rings. The highest BCUT2D eigenvalue weighted by atomic mass is 35.5. The Balaban J connectivity index is 1.90. The first-order chi connectivity index (χ1) is 11.4. The number of hydrogen-bond acceptors (Lipinski definition) is 4. The van der Waals surface area contributed by atoms with Gasteiger partial charge >= 0.3 is 10.1 Å². The van der Waals surface area contributed by atoms with Crippen molar-refractivity contribution >= 4 is 33.3 Å². The maximum atomic E-state index is 12.5. The van der Waals surface area contributed by atoms with Gasteiger partial charge in [0.1, 0.15) is 10.6 Å². The Labute approximate surface area is 145 Å². The molecule has 0 saturated carbocycles. The van der Waals surface area contributed by atoms with Crippen LogP contribution in [0.25, 0.3) is 0 Å². The van der Waals surface area contributed by atoms with Gasteiger partial charge < -0.3 is 9.50 Å². The van der Waals surface area contributed by atoms with Crippen molar-refractivity contribution in [2.75, 3.05) is 5.32 Å². The van der Waals surface area contributed by atoms with E-state index in [0.29, 0.717) is 30.0 Å². The van der Waals surface area contributed by atoms with Gasteiger partial charge in [-0.1, -0.05) is 18.5 Å². The van der Waals surface area contributed by atoms with Crippen LogP contribution in [0.15, 0.2) is 41.3 Å². The lowest BCUT2D eigenvalue weighted by Gasteiger charge is -2.17. The minimum Gasteiger partial charge on any atom is -0.379 e. The molecule has 1 aliphatic rings. The molecular formula is C17H16ClNO4S. The highest BCUT2D eigenvalue weighted by molar-refractivity contribution is 7.87. The fourth-order valence-corrected chi connectivity index (χ4v) is 3.79. The molecule has 0 bridgehead atoms. The molecule has 0 unspecified atom stereocenters. The lowest BCUT2D eigenvalue weighted by atomic mass is 10.0. The molecule has 3 rings (SSSR count). The molecule has 5 nitrogen and oxygen atoms in total. The van der Waals surface area contributed by atoms with Crippen LogP contribution in [0.3, 0.4) is 0 Å². The molecule has 0 fully saturated rings. The average Bonchev–Trinajstić information content (AvgIpc) is 2.55. The Bertz CT molecular complexity index is 909. The summed E-state index contributed by atoms with van der Waals surface area (Å²) in [6.07, 6.45) is 1.52. The van der Waals surface area contributed by atoms with Crippen LogP contribution in [0, 0.1) is 0 Å². The predicted octanol–water partition coefficient (Wildman–Crippen LogP) is 3.55. The third-order valence-electron chi connectivity index (χ3n) is 3.86. The van der Waals surface area contributed by atoms with E-state index in [-0.39, 0.29) is 16.6 Å². The molecule has 1 heterocycles. The Hall–Kier alpha value is -2.05. The number of nitrogens with one attached hydrogen (secondary N) is 1. The summed E-state index contributed by atoms with van der Waals surface area (Å²) in [6.45, 7) is 1.93. The zero-order valence-corrected chi connectivity index (χ0v) is 14.6. The monoisotopic (exact) mass is 365 g/mol. The second-order valence-corrected chi connectivity index (χ2v) is 7.46. The first-order valence-corrected chi connectivity index (χ1v) is 9.33. The third-order valence-corrected chi connectivity index (χ3v) is 5.48. The van der Waals surface area contributed by atoms with Gasteiger partial charge in [-0.25, -0.2) is 0 Å². The molecule has 1 amide bonds. The van der Waals surface area contributed by atoms with Crippen LogP contribution < -0.4 is 9.50 Å². The van der Waals surface area contributed by atoms with Gasteiger partial charge in [-0.05, 0) is 60.4 Å². The summed E-state index contributed by atoms with van der Waals surface area (Å²) >= 11 is 6.04. The molecule has 24 heavy (non-hydrogen) atoms. The summed E-state index contributed by atoms with van der Waals surface area (Å²) in [4.78, 5) is 11.4. The first-order valence-electron chi connectivity index (χ1n) is 7.55. The number of carbonyl (C=O) groups excluding carboxylic acids is 1. The van der Waals surface area contributed by atoms with Gasteiger partial charge in [-0.2, -0.15) is 8.42 Å². The van der Waals surface area contributed by atoms with Gasteiger partial charge in [-0.3, -0.25) is 4.79 Å². The van der Waals surface area contributed by atoms with Crippen LogP contribution in [0.1, 0.15) is 24.5 Å². The number of anilines is 1. The Kier molecular flexibility index (Phi) is 4.51. The van der Waals surface area contributed by atoms with Gasteiger partial charge in [0.25, 0.3) is 0 Å². The topological polar surface area (TPSA) is 72.5 Å². The van der Waals surface area contributed by atoms with Crippen LogP contribution in [0.4, 0.5) is 5.69 Å². The molecule has 0 spiro atoms. The summed E-state index contributed by atoms with van der Waals surface area (Å²) in [5.41, 5.74) is 2.24. The lowest BCUT2D eigenvalue weighted by molar-refractivity contribution is -0.116. The van der Waals surface area contributed by atoms with Crippen LogP contribution in [-0.2, 0) is 27.8 Å². The van der Waals surface area contributed by atoms with Crippen LogP contribution >= 0.6 is 11.6 Å². The van der Waals surface area contributed by atoms with Crippen molar-refractivity contribution in [2.24, 2.45) is 0 Å². The Morgan fingerprint density at radius 2 is 1.96 bits per heavy atom. The van der Waals surface area contributed by atoms with Crippen LogP contribution in [0.5, 0.6) is 5.75 Å². The van der Waals surface area contributed by atoms with E-state index >= 15 is 0 Å².